The Balaban J connectivity index is 0.000000541. The van der Waals surface area contributed by atoms with Gasteiger partial charge in [-0.3, -0.25) is 4.57 Å². The number of carbonyl (C=O) groups is 1. The minimum atomic E-state index is -3.13. The monoisotopic (exact) mass is 328 g/mol. The standard InChI is InChI=1S/C16H15O.Na.H3O3P/c1-11-9-12(2)16(13(3)15(11)10-17)14-7-5-4-6-8-14;;1-4(2)3/h4-9H,1-3H3;;4H,(H2,1,2,3). The van der Waals surface area contributed by atoms with Gasteiger partial charge >= 0.3 is 135 Å². The summed E-state index contributed by atoms with van der Waals surface area (Å²) in [7, 11) is -3.13. The molecule has 0 spiro atoms. The molecule has 2 N–H and O–H groups in total. The molecule has 0 fully saturated rings. The van der Waals surface area contributed by atoms with Crippen LogP contribution >= 0.6 is 8.25 Å². The van der Waals surface area contributed by atoms with Crippen LogP contribution in [-0.4, -0.2) is 40.8 Å². The topological polar surface area (TPSA) is 74.6 Å². The van der Waals surface area contributed by atoms with E-state index in [0.29, 0.717) is 27.9 Å². The summed E-state index contributed by atoms with van der Waals surface area (Å²) in [5.74, 6) is 0. The van der Waals surface area contributed by atoms with E-state index < -0.39 is 8.25 Å². The van der Waals surface area contributed by atoms with Crippen molar-refractivity contribution in [1.82, 2.24) is 0 Å². The van der Waals surface area contributed by atoms with E-state index >= 15 is 0 Å². The Kier molecular flexibility index (Phi) is 7.70. The molecule has 0 aliphatic heterocycles. The van der Waals surface area contributed by atoms with Crippen molar-refractivity contribution in [3.8, 4) is 11.1 Å². The van der Waals surface area contributed by atoms with Gasteiger partial charge in [0.05, 0.1) is 0 Å². The third-order valence-electron chi connectivity index (χ3n) is 3.39. The fourth-order valence-electron chi connectivity index (χ4n) is 2.78. The molecular formula is C16H18NaO4P. The molecule has 0 unspecified atom stereocenters. The number of benzene rings is 2. The molecule has 2 aromatic carbocycles. The van der Waals surface area contributed by atoms with Crippen molar-refractivity contribution in [2.75, 3.05) is 0 Å². The van der Waals surface area contributed by atoms with Crippen molar-refractivity contribution in [3.05, 3.63) is 58.7 Å². The maximum atomic E-state index is 11.8. The molecule has 0 saturated carbocycles. The van der Waals surface area contributed by atoms with E-state index in [0.717, 1.165) is 16.7 Å². The van der Waals surface area contributed by atoms with Gasteiger partial charge in [-0.25, -0.2) is 0 Å². The number of rotatable bonds is 2. The third-order valence-corrected chi connectivity index (χ3v) is 3.89. The summed E-state index contributed by atoms with van der Waals surface area (Å²) in [5.41, 5.74) is 6.79. The van der Waals surface area contributed by atoms with Crippen molar-refractivity contribution in [3.63, 3.8) is 0 Å². The van der Waals surface area contributed by atoms with Gasteiger partial charge in [-0.2, -0.15) is 0 Å². The van der Waals surface area contributed by atoms with Crippen LogP contribution < -0.4 is 0 Å². The predicted molar refractivity (Wildman–Crippen MR) is 89.6 cm³/mol. The summed E-state index contributed by atoms with van der Waals surface area (Å²) in [4.78, 5) is 26.2. The van der Waals surface area contributed by atoms with Crippen molar-refractivity contribution in [2.24, 2.45) is 0 Å². The Morgan fingerprint density at radius 1 is 1.05 bits per heavy atom. The first-order chi connectivity index (χ1) is 10.3. The van der Waals surface area contributed by atoms with Crippen molar-refractivity contribution in [2.45, 2.75) is 20.8 Å². The van der Waals surface area contributed by atoms with Crippen molar-refractivity contribution in [1.29, 1.82) is 0 Å². The molecule has 112 valence electrons. The molecular weight excluding hydrogens is 310 g/mol. The molecule has 0 heterocycles. The molecule has 0 aromatic heterocycles. The molecule has 0 bridgehead atoms. The number of carbonyl (C=O) groups excluding carboxylic acids is 1. The molecule has 22 heavy (non-hydrogen) atoms. The molecule has 2 rings (SSSR count). The van der Waals surface area contributed by atoms with E-state index in [2.05, 4.69) is 32.0 Å². The van der Waals surface area contributed by atoms with Crippen LogP contribution in [-0.2, 0) is 4.57 Å². The van der Waals surface area contributed by atoms with E-state index in [1.54, 1.807) is 0 Å². The Morgan fingerprint density at radius 3 is 2.00 bits per heavy atom. The normalized spacial score (nSPS) is 10.2. The van der Waals surface area contributed by atoms with Gasteiger partial charge in [-0.05, 0) is 0 Å². The van der Waals surface area contributed by atoms with Gasteiger partial charge in [0.25, 0.3) is 0 Å². The summed E-state index contributed by atoms with van der Waals surface area (Å²) in [6.07, 6.45) is 0. The average molecular weight is 328 g/mol. The molecule has 0 amide bonds. The minimum Gasteiger partial charge on any atom is -0.326 e. The number of hydrogen-bond donors (Lipinski definition) is 2. The summed E-state index contributed by atoms with van der Waals surface area (Å²) in [5, 5.41) is 0. The SMILES string of the molecule is Cc1cc(C)c(-c2ccccc2)c(C)c1[C](=O)[Na].O=[PH](O)O. The third kappa shape index (κ3) is 5.17. The van der Waals surface area contributed by atoms with Crippen LogP contribution in [0, 0.1) is 20.8 Å². The van der Waals surface area contributed by atoms with Gasteiger partial charge in [0, 0.05) is 0 Å². The fourth-order valence-corrected chi connectivity index (χ4v) is 3.55. The van der Waals surface area contributed by atoms with Crippen molar-refractivity contribution < 1.29 is 19.1 Å². The summed E-state index contributed by atoms with van der Waals surface area (Å²) in [6.45, 7) is 6.21. The summed E-state index contributed by atoms with van der Waals surface area (Å²) < 4.78 is 9.02. The van der Waals surface area contributed by atoms with E-state index in [4.69, 9.17) is 14.4 Å². The Hall–Kier alpha value is -0.740. The van der Waals surface area contributed by atoms with Gasteiger partial charge < -0.3 is 9.79 Å². The van der Waals surface area contributed by atoms with Crippen LogP contribution in [0.4, 0.5) is 0 Å². The minimum absolute atomic E-state index is 0.280. The van der Waals surface area contributed by atoms with E-state index in [9.17, 15) is 4.79 Å². The second-order valence-electron chi connectivity index (χ2n) is 5.09. The molecule has 0 radical (unpaired) electrons. The zero-order valence-electron chi connectivity index (χ0n) is 13.2. The molecule has 0 aliphatic carbocycles. The zero-order chi connectivity index (χ0) is 16.9. The van der Waals surface area contributed by atoms with Crippen LogP contribution in [0.3, 0.4) is 0 Å². The van der Waals surface area contributed by atoms with E-state index in [-0.39, 0.29) is 3.03 Å². The Morgan fingerprint density at radius 2 is 1.55 bits per heavy atom. The fraction of sp³-hybridized carbons (Fsp3) is 0.188. The second kappa shape index (κ2) is 8.78. The molecule has 6 heteroatoms. The first-order valence-electron chi connectivity index (χ1n) is 6.84. The second-order valence-corrected chi connectivity index (χ2v) is 6.56. The van der Waals surface area contributed by atoms with E-state index in [1.165, 1.54) is 16.7 Å². The van der Waals surface area contributed by atoms with Gasteiger partial charge in [0.2, 0.25) is 0 Å². The molecule has 4 nitrogen and oxygen atoms in total. The number of aryl methyl sites for hydroxylation is 2. The first-order valence-corrected chi connectivity index (χ1v) is 9.15. The van der Waals surface area contributed by atoms with Crippen LogP contribution in [0.5, 0.6) is 0 Å². The van der Waals surface area contributed by atoms with Crippen LogP contribution in [0.1, 0.15) is 27.0 Å². The first kappa shape index (κ1) is 19.3. The van der Waals surface area contributed by atoms with Crippen LogP contribution in [0.25, 0.3) is 11.1 Å². The molecule has 0 atom stereocenters. The van der Waals surface area contributed by atoms with Gasteiger partial charge in [-0.15, -0.1) is 0 Å². The summed E-state index contributed by atoms with van der Waals surface area (Å²) in [6, 6.07) is 12.4. The quantitative estimate of drug-likeness (QED) is 0.656. The predicted octanol–water partition coefficient (Wildman–Crippen LogP) is 2.95. The molecule has 0 aliphatic rings. The van der Waals surface area contributed by atoms with Gasteiger partial charge in [-0.1, -0.05) is 0 Å². The smallest absolute Gasteiger partial charge is 0.314 e. The Labute approximate surface area is 148 Å². The average Bonchev–Trinajstić information content (AvgIpc) is 2.38. The maximum Gasteiger partial charge on any atom is 0.314 e. The molecule has 2 aromatic rings. The van der Waals surface area contributed by atoms with Crippen molar-refractivity contribution >= 4 is 39.2 Å². The van der Waals surface area contributed by atoms with Crippen LogP contribution in [0.15, 0.2) is 36.4 Å². The van der Waals surface area contributed by atoms with E-state index in [1.807, 2.05) is 25.1 Å². The van der Waals surface area contributed by atoms with Crippen LogP contribution in [0.2, 0.25) is 0 Å². The number of hydrogen-bond acceptors (Lipinski definition) is 2. The Bertz CT molecular complexity index is 695. The molecule has 0 saturated heterocycles. The largest absolute Gasteiger partial charge is 0.326 e. The van der Waals surface area contributed by atoms with Gasteiger partial charge in [0.1, 0.15) is 0 Å². The maximum absolute atomic E-state index is 11.8. The zero-order valence-corrected chi connectivity index (χ0v) is 16.2. The van der Waals surface area contributed by atoms with Gasteiger partial charge in [0.15, 0.2) is 0 Å². The summed E-state index contributed by atoms with van der Waals surface area (Å²) >= 11 is 0.573.